The average molecular weight is 165 g/mol. The topological polar surface area (TPSA) is 66.4 Å². The third kappa shape index (κ3) is 1.47. The van der Waals surface area contributed by atoms with Gasteiger partial charge in [0.25, 0.3) is 0 Å². The molecule has 0 bridgehead atoms. The minimum absolute atomic E-state index is 0.269. The molecule has 1 aliphatic heterocycles. The SMILES string of the molecule is O=S1(=O)NCCCC1CO. The second kappa shape index (κ2) is 2.86. The first kappa shape index (κ1) is 7.97. The summed E-state index contributed by atoms with van der Waals surface area (Å²) in [6.07, 6.45) is 1.40. The summed E-state index contributed by atoms with van der Waals surface area (Å²) in [5.74, 6) is 0. The van der Waals surface area contributed by atoms with Crippen molar-refractivity contribution in [3.05, 3.63) is 0 Å². The van der Waals surface area contributed by atoms with E-state index in [1.54, 1.807) is 0 Å². The van der Waals surface area contributed by atoms with E-state index >= 15 is 0 Å². The molecule has 0 aromatic carbocycles. The third-order valence-electron chi connectivity index (χ3n) is 1.65. The van der Waals surface area contributed by atoms with Gasteiger partial charge < -0.3 is 5.11 Å². The van der Waals surface area contributed by atoms with Crippen molar-refractivity contribution in [2.45, 2.75) is 18.1 Å². The highest BCUT2D eigenvalue weighted by Crippen LogP contribution is 2.10. The fraction of sp³-hybridized carbons (Fsp3) is 1.00. The van der Waals surface area contributed by atoms with Crippen molar-refractivity contribution in [1.82, 2.24) is 4.72 Å². The van der Waals surface area contributed by atoms with Crippen LogP contribution in [0.25, 0.3) is 0 Å². The summed E-state index contributed by atoms with van der Waals surface area (Å²) in [6.45, 7) is 0.244. The largest absolute Gasteiger partial charge is 0.395 e. The first-order valence-electron chi connectivity index (χ1n) is 3.26. The Morgan fingerprint density at radius 2 is 2.30 bits per heavy atom. The molecular formula is C5H11NO3S. The Morgan fingerprint density at radius 1 is 1.60 bits per heavy atom. The molecule has 1 saturated heterocycles. The maximum Gasteiger partial charge on any atom is 0.216 e. The molecule has 0 amide bonds. The van der Waals surface area contributed by atoms with Crippen LogP contribution in [-0.2, 0) is 10.0 Å². The Balaban J connectivity index is 2.70. The van der Waals surface area contributed by atoms with Crippen molar-refractivity contribution in [1.29, 1.82) is 0 Å². The summed E-state index contributed by atoms with van der Waals surface area (Å²) >= 11 is 0. The quantitative estimate of drug-likeness (QED) is 0.527. The molecule has 4 nitrogen and oxygen atoms in total. The maximum absolute atomic E-state index is 10.9. The van der Waals surface area contributed by atoms with Crippen LogP contribution in [0.3, 0.4) is 0 Å². The predicted octanol–water partition coefficient (Wildman–Crippen LogP) is -0.940. The van der Waals surface area contributed by atoms with E-state index in [-0.39, 0.29) is 6.61 Å². The molecule has 10 heavy (non-hydrogen) atoms. The van der Waals surface area contributed by atoms with Crippen LogP contribution in [0.2, 0.25) is 0 Å². The Morgan fingerprint density at radius 3 is 2.70 bits per heavy atom. The van der Waals surface area contributed by atoms with Crippen LogP contribution in [0.5, 0.6) is 0 Å². The van der Waals surface area contributed by atoms with E-state index < -0.39 is 15.3 Å². The van der Waals surface area contributed by atoms with Gasteiger partial charge in [0.1, 0.15) is 0 Å². The molecule has 1 aliphatic rings. The number of rotatable bonds is 1. The van der Waals surface area contributed by atoms with E-state index in [2.05, 4.69) is 4.72 Å². The summed E-state index contributed by atoms with van der Waals surface area (Å²) in [6, 6.07) is 0. The van der Waals surface area contributed by atoms with Crippen molar-refractivity contribution in [2.24, 2.45) is 0 Å². The predicted molar refractivity (Wildman–Crippen MR) is 37.0 cm³/mol. The van der Waals surface area contributed by atoms with Gasteiger partial charge in [0.15, 0.2) is 0 Å². The van der Waals surface area contributed by atoms with Crippen LogP contribution in [0, 0.1) is 0 Å². The van der Waals surface area contributed by atoms with Gasteiger partial charge in [-0.05, 0) is 12.8 Å². The van der Waals surface area contributed by atoms with E-state index in [0.29, 0.717) is 13.0 Å². The van der Waals surface area contributed by atoms with Crippen molar-refractivity contribution in [3.63, 3.8) is 0 Å². The molecule has 0 aromatic heterocycles. The molecule has 2 N–H and O–H groups in total. The molecule has 1 heterocycles. The Bertz CT molecular complexity index is 199. The van der Waals surface area contributed by atoms with Crippen molar-refractivity contribution in [3.8, 4) is 0 Å². The lowest BCUT2D eigenvalue weighted by atomic mass is 10.2. The summed E-state index contributed by atoms with van der Waals surface area (Å²) in [5, 5.41) is 8.03. The first-order valence-corrected chi connectivity index (χ1v) is 4.81. The minimum atomic E-state index is -3.17. The lowest BCUT2D eigenvalue weighted by Crippen LogP contribution is -2.41. The van der Waals surface area contributed by atoms with E-state index in [1.807, 2.05) is 0 Å². The molecule has 0 aromatic rings. The van der Waals surface area contributed by atoms with E-state index in [4.69, 9.17) is 5.11 Å². The van der Waals surface area contributed by atoms with Gasteiger partial charge in [0.05, 0.1) is 11.9 Å². The second-order valence-electron chi connectivity index (χ2n) is 2.39. The highest BCUT2D eigenvalue weighted by molar-refractivity contribution is 7.90. The van der Waals surface area contributed by atoms with Crippen LogP contribution < -0.4 is 4.72 Å². The van der Waals surface area contributed by atoms with E-state index in [1.165, 1.54) is 0 Å². The zero-order valence-corrected chi connectivity index (χ0v) is 6.39. The second-order valence-corrected chi connectivity index (χ2v) is 4.43. The Labute approximate surface area is 60.3 Å². The third-order valence-corrected chi connectivity index (χ3v) is 3.52. The van der Waals surface area contributed by atoms with Crippen LogP contribution in [-0.4, -0.2) is 31.9 Å². The molecular weight excluding hydrogens is 154 g/mol. The van der Waals surface area contributed by atoms with Gasteiger partial charge in [-0.15, -0.1) is 0 Å². The van der Waals surface area contributed by atoms with Gasteiger partial charge in [0.2, 0.25) is 10.0 Å². The van der Waals surface area contributed by atoms with Gasteiger partial charge in [-0.3, -0.25) is 0 Å². The standard InChI is InChI=1S/C5H11NO3S/c7-4-5-2-1-3-6-10(5,8)9/h5-7H,1-4H2. The molecule has 60 valence electrons. The molecule has 5 heteroatoms. The van der Waals surface area contributed by atoms with Gasteiger partial charge >= 0.3 is 0 Å². The van der Waals surface area contributed by atoms with Crippen LogP contribution in [0.4, 0.5) is 0 Å². The zero-order chi connectivity index (χ0) is 7.61. The Hall–Kier alpha value is -0.130. The molecule has 0 spiro atoms. The molecule has 1 atom stereocenters. The summed E-state index contributed by atoms with van der Waals surface area (Å²) in [4.78, 5) is 0. The maximum atomic E-state index is 10.9. The van der Waals surface area contributed by atoms with Gasteiger partial charge in [-0.2, -0.15) is 0 Å². The number of aliphatic hydroxyl groups is 1. The van der Waals surface area contributed by atoms with Crippen LogP contribution in [0.1, 0.15) is 12.8 Å². The minimum Gasteiger partial charge on any atom is -0.395 e. The lowest BCUT2D eigenvalue weighted by Gasteiger charge is -2.20. The number of hydrogen-bond donors (Lipinski definition) is 2. The van der Waals surface area contributed by atoms with Gasteiger partial charge in [-0.25, -0.2) is 13.1 Å². The number of nitrogens with one attached hydrogen (secondary N) is 1. The molecule has 1 unspecified atom stereocenters. The average Bonchev–Trinajstić information content (AvgIpc) is 1.87. The van der Waals surface area contributed by atoms with E-state index in [9.17, 15) is 8.42 Å². The van der Waals surface area contributed by atoms with E-state index in [0.717, 1.165) is 6.42 Å². The number of hydrogen-bond acceptors (Lipinski definition) is 3. The highest BCUT2D eigenvalue weighted by atomic mass is 32.2. The van der Waals surface area contributed by atoms with Gasteiger partial charge in [0, 0.05) is 6.54 Å². The smallest absolute Gasteiger partial charge is 0.216 e. The van der Waals surface area contributed by atoms with Crippen molar-refractivity contribution >= 4 is 10.0 Å². The first-order chi connectivity index (χ1) is 4.67. The van der Waals surface area contributed by atoms with Crippen molar-refractivity contribution in [2.75, 3.05) is 13.2 Å². The fourth-order valence-corrected chi connectivity index (χ4v) is 2.34. The molecule has 0 aliphatic carbocycles. The normalized spacial score (nSPS) is 31.9. The number of aliphatic hydroxyl groups excluding tert-OH is 1. The van der Waals surface area contributed by atoms with Gasteiger partial charge in [-0.1, -0.05) is 0 Å². The summed E-state index contributed by atoms with van der Waals surface area (Å²) < 4.78 is 24.3. The molecule has 1 rings (SSSR count). The molecule has 0 saturated carbocycles. The van der Waals surface area contributed by atoms with Crippen molar-refractivity contribution < 1.29 is 13.5 Å². The van der Waals surface area contributed by atoms with Crippen LogP contribution >= 0.6 is 0 Å². The monoisotopic (exact) mass is 165 g/mol. The summed E-state index contributed by atoms with van der Waals surface area (Å²) in [5.41, 5.74) is 0. The van der Waals surface area contributed by atoms with Crippen LogP contribution in [0.15, 0.2) is 0 Å². The molecule has 1 fully saturated rings. The highest BCUT2D eigenvalue weighted by Gasteiger charge is 2.27. The summed E-state index contributed by atoms with van der Waals surface area (Å²) in [7, 11) is -3.17. The molecule has 0 radical (unpaired) electrons. The number of sulfonamides is 1. The lowest BCUT2D eigenvalue weighted by molar-refractivity contribution is 0.280. The fourth-order valence-electron chi connectivity index (χ4n) is 1.01. The zero-order valence-electron chi connectivity index (χ0n) is 5.58. The Kier molecular flexibility index (Phi) is 2.28.